The van der Waals surface area contributed by atoms with E-state index in [2.05, 4.69) is 56.3 Å². The summed E-state index contributed by atoms with van der Waals surface area (Å²) in [6.07, 6.45) is 11.7. The molecular formula is C24H47N3O. The minimum atomic E-state index is -0.213. The van der Waals surface area contributed by atoms with Crippen molar-refractivity contribution in [2.45, 2.75) is 91.5 Å². The number of hydrogen-bond donors (Lipinski definition) is 1. The van der Waals surface area contributed by atoms with Crippen LogP contribution in [0.5, 0.6) is 0 Å². The summed E-state index contributed by atoms with van der Waals surface area (Å²) in [7, 11) is 0. The Morgan fingerprint density at radius 2 is 1.46 bits per heavy atom. The first kappa shape index (κ1) is 25.2. The third-order valence-electron chi connectivity index (χ3n) is 6.27. The summed E-state index contributed by atoms with van der Waals surface area (Å²) in [6.45, 7) is 20.2. The highest BCUT2D eigenvalue weighted by Crippen LogP contribution is 2.23. The van der Waals surface area contributed by atoms with Crippen molar-refractivity contribution in [2.75, 3.05) is 32.8 Å². The molecule has 4 nitrogen and oxygen atoms in total. The van der Waals surface area contributed by atoms with Crippen molar-refractivity contribution < 1.29 is 4.79 Å². The average Bonchev–Trinajstić information content (AvgIpc) is 2.67. The molecule has 0 aromatic heterocycles. The van der Waals surface area contributed by atoms with E-state index in [-0.39, 0.29) is 11.4 Å². The number of amides is 1. The molecule has 1 aliphatic rings. The van der Waals surface area contributed by atoms with Gasteiger partial charge in [0.2, 0.25) is 5.91 Å². The molecule has 0 aliphatic carbocycles. The molecule has 0 spiro atoms. The first-order valence-corrected chi connectivity index (χ1v) is 11.8. The second-order valence-corrected chi connectivity index (χ2v) is 9.25. The fourth-order valence-electron chi connectivity index (χ4n) is 4.66. The topological polar surface area (TPSA) is 35.6 Å². The Bertz CT molecular complexity index is 425. The molecule has 0 aromatic carbocycles. The van der Waals surface area contributed by atoms with Crippen LogP contribution in [0, 0.1) is 11.8 Å². The molecule has 1 aliphatic heterocycles. The molecule has 0 saturated carbocycles. The van der Waals surface area contributed by atoms with E-state index in [9.17, 15) is 4.79 Å². The Morgan fingerprint density at radius 3 is 1.82 bits per heavy atom. The van der Waals surface area contributed by atoms with E-state index in [0.29, 0.717) is 0 Å². The van der Waals surface area contributed by atoms with E-state index in [1.807, 2.05) is 0 Å². The molecule has 164 valence electrons. The molecule has 2 unspecified atom stereocenters. The van der Waals surface area contributed by atoms with Crippen molar-refractivity contribution in [2.24, 2.45) is 11.8 Å². The van der Waals surface area contributed by atoms with Gasteiger partial charge in [-0.3, -0.25) is 14.6 Å². The first-order valence-electron chi connectivity index (χ1n) is 11.8. The van der Waals surface area contributed by atoms with E-state index < -0.39 is 0 Å². The Kier molecular flexibility index (Phi) is 12.0. The number of carbonyl (C=O) groups is 1. The highest BCUT2D eigenvalue weighted by molar-refractivity contribution is 5.87. The molecule has 2 atom stereocenters. The van der Waals surface area contributed by atoms with Crippen LogP contribution in [-0.2, 0) is 4.79 Å². The van der Waals surface area contributed by atoms with Gasteiger partial charge in [0.15, 0.2) is 0 Å². The summed E-state index contributed by atoms with van der Waals surface area (Å²) in [5, 5.41) is 3.23. The first-order chi connectivity index (χ1) is 13.4. The molecule has 1 N–H and O–H groups in total. The Balaban J connectivity index is 2.84. The molecule has 0 radical (unpaired) electrons. The van der Waals surface area contributed by atoms with Gasteiger partial charge >= 0.3 is 0 Å². The number of unbranched alkanes of at least 4 members (excludes halogenated alkanes) is 2. The third kappa shape index (κ3) is 9.09. The van der Waals surface area contributed by atoms with Crippen LogP contribution in [0.4, 0.5) is 0 Å². The lowest BCUT2D eigenvalue weighted by molar-refractivity contribution is -0.119. The van der Waals surface area contributed by atoms with Gasteiger partial charge in [-0.15, -0.1) is 0 Å². The number of nitrogens with one attached hydrogen (secondary N) is 1. The smallest absolute Gasteiger partial charge is 0.243 e. The lowest BCUT2D eigenvalue weighted by atomic mass is 9.93. The summed E-state index contributed by atoms with van der Waals surface area (Å²) < 4.78 is 0. The molecule has 1 amide bonds. The highest BCUT2D eigenvalue weighted by atomic mass is 16.1. The van der Waals surface area contributed by atoms with Crippen LogP contribution in [0.2, 0.25) is 0 Å². The molecule has 4 heteroatoms. The second-order valence-electron chi connectivity index (χ2n) is 9.25. The van der Waals surface area contributed by atoms with Gasteiger partial charge in [-0.25, -0.2) is 0 Å². The van der Waals surface area contributed by atoms with E-state index in [0.717, 1.165) is 44.7 Å². The maximum absolute atomic E-state index is 12.1. The molecule has 28 heavy (non-hydrogen) atoms. The predicted molar refractivity (Wildman–Crippen MR) is 121 cm³/mol. The van der Waals surface area contributed by atoms with Gasteiger partial charge in [-0.2, -0.15) is 0 Å². The van der Waals surface area contributed by atoms with Gasteiger partial charge in [0.1, 0.15) is 0 Å². The van der Waals surface area contributed by atoms with Crippen LogP contribution >= 0.6 is 0 Å². The predicted octanol–water partition coefficient (Wildman–Crippen LogP) is 5.06. The van der Waals surface area contributed by atoms with E-state index in [1.54, 1.807) is 0 Å². The van der Waals surface area contributed by atoms with Crippen LogP contribution < -0.4 is 5.32 Å². The van der Waals surface area contributed by atoms with Crippen LogP contribution in [0.25, 0.3) is 0 Å². The Morgan fingerprint density at radius 1 is 1.00 bits per heavy atom. The van der Waals surface area contributed by atoms with Gasteiger partial charge in [0.05, 0.1) is 12.2 Å². The molecule has 1 rings (SSSR count). The zero-order chi connectivity index (χ0) is 21.0. The molecule has 0 aromatic rings. The standard InChI is InChI=1S/C24H47N3O/c1-7-12-14-21(9-3)16-26-18-24(6,25-23(28)11-5)19-27(20-26)17-22(10-4)15-13-8-2/h11,21-22H,5,7-10,12-20H2,1-4,6H3,(H,25,28). The summed E-state index contributed by atoms with van der Waals surface area (Å²) in [6, 6.07) is 0. The lowest BCUT2D eigenvalue weighted by Gasteiger charge is -2.48. The van der Waals surface area contributed by atoms with E-state index >= 15 is 0 Å². The zero-order valence-electron chi connectivity index (χ0n) is 19.4. The second kappa shape index (κ2) is 13.4. The fraction of sp³-hybridized carbons (Fsp3) is 0.875. The van der Waals surface area contributed by atoms with Gasteiger partial charge in [0, 0.05) is 26.2 Å². The van der Waals surface area contributed by atoms with Crippen LogP contribution in [0.3, 0.4) is 0 Å². The maximum atomic E-state index is 12.1. The van der Waals surface area contributed by atoms with Gasteiger partial charge in [0.25, 0.3) is 0 Å². The summed E-state index contributed by atoms with van der Waals surface area (Å²) in [4.78, 5) is 17.2. The van der Waals surface area contributed by atoms with Crippen LogP contribution in [0.1, 0.15) is 86.0 Å². The molecule has 1 saturated heterocycles. The maximum Gasteiger partial charge on any atom is 0.243 e. The number of rotatable bonds is 14. The van der Waals surface area contributed by atoms with Crippen LogP contribution in [-0.4, -0.2) is 54.1 Å². The van der Waals surface area contributed by atoms with Crippen molar-refractivity contribution >= 4 is 5.91 Å². The molecule has 1 heterocycles. The van der Waals surface area contributed by atoms with Crippen molar-refractivity contribution in [1.29, 1.82) is 0 Å². The molecule has 0 bridgehead atoms. The van der Waals surface area contributed by atoms with Crippen LogP contribution in [0.15, 0.2) is 12.7 Å². The summed E-state index contributed by atoms with van der Waals surface area (Å²) in [5.41, 5.74) is -0.213. The van der Waals surface area contributed by atoms with E-state index in [4.69, 9.17) is 0 Å². The van der Waals surface area contributed by atoms with Crippen molar-refractivity contribution in [3.63, 3.8) is 0 Å². The largest absolute Gasteiger partial charge is 0.345 e. The monoisotopic (exact) mass is 393 g/mol. The van der Waals surface area contributed by atoms with E-state index in [1.165, 1.54) is 57.4 Å². The van der Waals surface area contributed by atoms with Crippen molar-refractivity contribution in [1.82, 2.24) is 15.1 Å². The molecular weight excluding hydrogens is 346 g/mol. The SMILES string of the molecule is C=CC(=O)NC1(C)CN(CC(CC)CCCC)CN(CC(CC)CCCC)C1. The normalized spacial score (nSPS) is 23.3. The van der Waals surface area contributed by atoms with Crippen molar-refractivity contribution in [3.8, 4) is 0 Å². The van der Waals surface area contributed by atoms with Gasteiger partial charge < -0.3 is 5.32 Å². The van der Waals surface area contributed by atoms with Crippen molar-refractivity contribution in [3.05, 3.63) is 12.7 Å². The van der Waals surface area contributed by atoms with Gasteiger partial charge in [-0.1, -0.05) is 72.8 Å². The number of nitrogens with zero attached hydrogens (tertiary/aromatic N) is 2. The Labute approximate surface area is 175 Å². The zero-order valence-corrected chi connectivity index (χ0v) is 19.4. The van der Waals surface area contributed by atoms with Gasteiger partial charge in [-0.05, 0) is 37.7 Å². The third-order valence-corrected chi connectivity index (χ3v) is 6.27. The minimum Gasteiger partial charge on any atom is -0.345 e. The number of carbonyl (C=O) groups excluding carboxylic acids is 1. The quantitative estimate of drug-likeness (QED) is 0.419. The lowest BCUT2D eigenvalue weighted by Crippen LogP contribution is -2.66. The Hall–Kier alpha value is -0.870. The summed E-state index contributed by atoms with van der Waals surface area (Å²) >= 11 is 0. The summed E-state index contributed by atoms with van der Waals surface area (Å²) in [5.74, 6) is 1.45. The number of hydrogen-bond acceptors (Lipinski definition) is 3. The fourth-order valence-corrected chi connectivity index (χ4v) is 4.66. The highest BCUT2D eigenvalue weighted by Gasteiger charge is 2.36. The minimum absolute atomic E-state index is 0.0552. The molecule has 1 fully saturated rings. The average molecular weight is 394 g/mol.